The lowest BCUT2D eigenvalue weighted by atomic mass is 9.93. The summed E-state index contributed by atoms with van der Waals surface area (Å²) < 4.78 is 0. The molecule has 0 spiro atoms. The fraction of sp³-hybridized carbons (Fsp3) is 0.923. The molecule has 1 aliphatic heterocycles. The number of rotatable bonds is 3. The van der Waals surface area contributed by atoms with Crippen LogP contribution in [0.1, 0.15) is 46.0 Å². The van der Waals surface area contributed by atoms with E-state index in [0.29, 0.717) is 17.1 Å². The van der Waals surface area contributed by atoms with Gasteiger partial charge in [0.05, 0.1) is 0 Å². The molecule has 0 N–H and O–H groups in total. The lowest BCUT2D eigenvalue weighted by Crippen LogP contribution is -2.26. The van der Waals surface area contributed by atoms with Crippen LogP contribution in [0.25, 0.3) is 0 Å². The van der Waals surface area contributed by atoms with Gasteiger partial charge in [-0.25, -0.2) is 0 Å². The Morgan fingerprint density at radius 3 is 2.80 bits per heavy atom. The Kier molecular flexibility index (Phi) is 3.15. The highest BCUT2D eigenvalue weighted by Crippen LogP contribution is 2.30. The zero-order valence-electron chi connectivity index (χ0n) is 10.1. The van der Waals surface area contributed by atoms with Gasteiger partial charge in [0.25, 0.3) is 0 Å². The van der Waals surface area contributed by atoms with E-state index in [4.69, 9.17) is 0 Å². The number of Topliss-reactive ketones (excluding diaryl/α,β-unsaturated/α-hetero) is 1. The van der Waals surface area contributed by atoms with Gasteiger partial charge >= 0.3 is 0 Å². The van der Waals surface area contributed by atoms with Crippen LogP contribution in [0, 0.1) is 11.3 Å². The summed E-state index contributed by atoms with van der Waals surface area (Å²) in [5.41, 5.74) is 0.500. The van der Waals surface area contributed by atoms with Crippen LogP contribution in [-0.4, -0.2) is 30.3 Å². The highest BCUT2D eigenvalue weighted by molar-refractivity contribution is 5.82. The molecule has 1 unspecified atom stereocenters. The molecule has 0 aromatic carbocycles. The number of carbonyl (C=O) groups is 1. The molecular formula is C13H23NO. The van der Waals surface area contributed by atoms with Crippen molar-refractivity contribution < 1.29 is 4.79 Å². The Morgan fingerprint density at radius 1 is 1.47 bits per heavy atom. The summed E-state index contributed by atoms with van der Waals surface area (Å²) in [7, 11) is 0. The normalized spacial score (nSPS) is 31.3. The lowest BCUT2D eigenvalue weighted by molar-refractivity contribution is -0.120. The SMILES string of the molecule is CC1(C)CCN(CCC2CCCC2=O)C1. The van der Waals surface area contributed by atoms with E-state index < -0.39 is 0 Å². The first-order valence-electron chi connectivity index (χ1n) is 6.32. The van der Waals surface area contributed by atoms with Gasteiger partial charge in [-0.2, -0.15) is 0 Å². The molecule has 1 saturated carbocycles. The van der Waals surface area contributed by atoms with Crippen molar-refractivity contribution in [1.29, 1.82) is 0 Å². The van der Waals surface area contributed by atoms with Crippen molar-refractivity contribution in [2.24, 2.45) is 11.3 Å². The predicted molar refractivity (Wildman–Crippen MR) is 61.8 cm³/mol. The van der Waals surface area contributed by atoms with Gasteiger partial charge in [-0.15, -0.1) is 0 Å². The molecule has 1 aliphatic carbocycles. The first kappa shape index (κ1) is 11.1. The number of nitrogens with zero attached hydrogens (tertiary/aromatic N) is 1. The zero-order chi connectivity index (χ0) is 10.9. The van der Waals surface area contributed by atoms with E-state index in [1.165, 1.54) is 19.5 Å². The van der Waals surface area contributed by atoms with E-state index in [1.54, 1.807) is 0 Å². The smallest absolute Gasteiger partial charge is 0.136 e. The van der Waals surface area contributed by atoms with Gasteiger partial charge in [-0.3, -0.25) is 4.79 Å². The third-order valence-electron chi connectivity index (χ3n) is 3.98. The van der Waals surface area contributed by atoms with Crippen LogP contribution in [-0.2, 0) is 4.79 Å². The van der Waals surface area contributed by atoms with Crippen LogP contribution in [0.3, 0.4) is 0 Å². The summed E-state index contributed by atoms with van der Waals surface area (Å²) in [6, 6.07) is 0. The highest BCUT2D eigenvalue weighted by atomic mass is 16.1. The van der Waals surface area contributed by atoms with E-state index in [2.05, 4.69) is 18.7 Å². The monoisotopic (exact) mass is 209 g/mol. The predicted octanol–water partition coefficient (Wildman–Crippen LogP) is 2.48. The molecule has 0 amide bonds. The number of ketones is 1. The van der Waals surface area contributed by atoms with Crippen molar-refractivity contribution in [3.05, 3.63) is 0 Å². The molecular weight excluding hydrogens is 186 g/mol. The zero-order valence-corrected chi connectivity index (χ0v) is 10.1. The van der Waals surface area contributed by atoms with E-state index >= 15 is 0 Å². The number of hydrogen-bond donors (Lipinski definition) is 0. The van der Waals surface area contributed by atoms with Crippen LogP contribution in [0.4, 0.5) is 0 Å². The van der Waals surface area contributed by atoms with Gasteiger partial charge in [0.2, 0.25) is 0 Å². The fourth-order valence-corrected chi connectivity index (χ4v) is 2.95. The fourth-order valence-electron chi connectivity index (χ4n) is 2.95. The first-order valence-corrected chi connectivity index (χ1v) is 6.32. The van der Waals surface area contributed by atoms with E-state index in [0.717, 1.165) is 32.2 Å². The summed E-state index contributed by atoms with van der Waals surface area (Å²) >= 11 is 0. The molecule has 2 nitrogen and oxygen atoms in total. The van der Waals surface area contributed by atoms with Gasteiger partial charge in [0.1, 0.15) is 5.78 Å². The summed E-state index contributed by atoms with van der Waals surface area (Å²) in [5.74, 6) is 0.919. The number of hydrogen-bond acceptors (Lipinski definition) is 2. The van der Waals surface area contributed by atoms with Gasteiger partial charge in [-0.05, 0) is 44.2 Å². The second-order valence-electron chi connectivity index (χ2n) is 6.03. The van der Waals surface area contributed by atoms with Crippen LogP contribution < -0.4 is 0 Å². The molecule has 0 aromatic rings. The van der Waals surface area contributed by atoms with Gasteiger partial charge in [0, 0.05) is 18.9 Å². The van der Waals surface area contributed by atoms with E-state index in [-0.39, 0.29) is 0 Å². The lowest BCUT2D eigenvalue weighted by Gasteiger charge is -2.20. The van der Waals surface area contributed by atoms with Crippen molar-refractivity contribution in [3.63, 3.8) is 0 Å². The quantitative estimate of drug-likeness (QED) is 0.711. The largest absolute Gasteiger partial charge is 0.303 e. The maximum absolute atomic E-state index is 11.5. The molecule has 15 heavy (non-hydrogen) atoms. The van der Waals surface area contributed by atoms with Crippen molar-refractivity contribution >= 4 is 5.78 Å². The minimum atomic E-state index is 0.397. The average Bonchev–Trinajstić information content (AvgIpc) is 2.69. The maximum Gasteiger partial charge on any atom is 0.136 e. The Morgan fingerprint density at radius 2 is 2.27 bits per heavy atom. The summed E-state index contributed by atoms with van der Waals surface area (Å²) in [6.45, 7) is 8.27. The molecule has 0 bridgehead atoms. The number of likely N-dealkylation sites (tertiary alicyclic amines) is 1. The Hall–Kier alpha value is -0.370. The minimum Gasteiger partial charge on any atom is -0.303 e. The van der Waals surface area contributed by atoms with Crippen molar-refractivity contribution in [3.8, 4) is 0 Å². The third-order valence-corrected chi connectivity index (χ3v) is 3.98. The average molecular weight is 209 g/mol. The topological polar surface area (TPSA) is 20.3 Å². The Bertz CT molecular complexity index is 247. The van der Waals surface area contributed by atoms with Gasteiger partial charge in [-0.1, -0.05) is 13.8 Å². The molecule has 1 heterocycles. The Balaban J connectivity index is 1.72. The molecule has 2 fully saturated rings. The molecule has 2 rings (SSSR count). The molecule has 2 aliphatic rings. The van der Waals surface area contributed by atoms with Crippen molar-refractivity contribution in [1.82, 2.24) is 4.90 Å². The van der Waals surface area contributed by atoms with Crippen molar-refractivity contribution in [2.75, 3.05) is 19.6 Å². The second kappa shape index (κ2) is 4.25. The van der Waals surface area contributed by atoms with Crippen LogP contribution in [0.5, 0.6) is 0 Å². The first-order chi connectivity index (χ1) is 7.07. The molecule has 1 atom stereocenters. The summed E-state index contributed by atoms with van der Waals surface area (Å²) in [4.78, 5) is 14.0. The van der Waals surface area contributed by atoms with Crippen LogP contribution >= 0.6 is 0 Å². The third kappa shape index (κ3) is 2.81. The van der Waals surface area contributed by atoms with E-state index in [9.17, 15) is 4.79 Å². The van der Waals surface area contributed by atoms with Gasteiger partial charge in [0.15, 0.2) is 0 Å². The van der Waals surface area contributed by atoms with Crippen LogP contribution in [0.2, 0.25) is 0 Å². The van der Waals surface area contributed by atoms with Gasteiger partial charge < -0.3 is 4.90 Å². The molecule has 86 valence electrons. The molecule has 0 radical (unpaired) electrons. The minimum absolute atomic E-state index is 0.397. The van der Waals surface area contributed by atoms with E-state index in [1.807, 2.05) is 0 Å². The molecule has 1 saturated heterocycles. The highest BCUT2D eigenvalue weighted by Gasteiger charge is 2.30. The maximum atomic E-state index is 11.5. The standard InChI is InChI=1S/C13H23NO/c1-13(2)7-9-14(10-13)8-6-11-4-3-5-12(11)15/h11H,3-10H2,1-2H3. The Labute approximate surface area is 93.0 Å². The summed E-state index contributed by atoms with van der Waals surface area (Å²) in [6.07, 6.45) is 5.54. The second-order valence-corrected chi connectivity index (χ2v) is 6.03. The van der Waals surface area contributed by atoms with Crippen LogP contribution in [0.15, 0.2) is 0 Å². The summed E-state index contributed by atoms with van der Waals surface area (Å²) in [5, 5.41) is 0. The number of carbonyl (C=O) groups excluding carboxylic acids is 1. The van der Waals surface area contributed by atoms with Crippen molar-refractivity contribution in [2.45, 2.75) is 46.0 Å². The molecule has 2 heteroatoms. The molecule has 0 aromatic heterocycles.